The van der Waals surface area contributed by atoms with E-state index in [1.807, 2.05) is 0 Å². The highest BCUT2D eigenvalue weighted by atomic mass is 16.4. The van der Waals surface area contributed by atoms with Crippen molar-refractivity contribution in [3.8, 4) is 0 Å². The minimum atomic E-state index is -1.27. The number of carbonyl (C=O) groups excluding carboxylic acids is 2. The van der Waals surface area contributed by atoms with Gasteiger partial charge in [0.1, 0.15) is 6.04 Å². The molecule has 8 heteroatoms. The molecule has 21 heavy (non-hydrogen) atoms. The smallest absolute Gasteiger partial charge is 0.326 e. The summed E-state index contributed by atoms with van der Waals surface area (Å²) in [6.07, 6.45) is 2.68. The van der Waals surface area contributed by atoms with Gasteiger partial charge in [0.15, 0.2) is 0 Å². The quantitative estimate of drug-likeness (QED) is 0.628. The molecular weight excluding hydrogens is 276 g/mol. The van der Waals surface area contributed by atoms with Gasteiger partial charge in [-0.25, -0.2) is 9.59 Å². The van der Waals surface area contributed by atoms with Crippen LogP contribution in [-0.4, -0.2) is 71.1 Å². The number of amides is 3. The summed E-state index contributed by atoms with van der Waals surface area (Å²) in [6.45, 7) is 1.18. The number of nitrogens with two attached hydrogens (primary N) is 1. The summed E-state index contributed by atoms with van der Waals surface area (Å²) in [5.41, 5.74) is 5.00. The summed E-state index contributed by atoms with van der Waals surface area (Å²) >= 11 is 0. The molecule has 0 saturated carbocycles. The number of aliphatic carboxylic acids is 1. The normalized spacial score (nSPS) is 27.0. The van der Waals surface area contributed by atoms with Crippen molar-refractivity contribution in [1.82, 2.24) is 15.1 Å². The summed E-state index contributed by atoms with van der Waals surface area (Å²) < 4.78 is 0. The fourth-order valence-electron chi connectivity index (χ4n) is 3.13. The van der Waals surface area contributed by atoms with E-state index in [2.05, 4.69) is 17.3 Å². The van der Waals surface area contributed by atoms with Gasteiger partial charge in [-0.2, -0.15) is 0 Å². The molecule has 3 atom stereocenters. The van der Waals surface area contributed by atoms with Crippen molar-refractivity contribution >= 4 is 17.9 Å². The average Bonchev–Trinajstić information content (AvgIpc) is 2.61. The molecule has 4 N–H and O–H groups in total. The second-order valence-electron chi connectivity index (χ2n) is 5.80. The first-order valence-corrected chi connectivity index (χ1v) is 7.17. The van der Waals surface area contributed by atoms with Crippen LogP contribution < -0.4 is 11.1 Å². The number of nitrogens with zero attached hydrogens (tertiary/aromatic N) is 2. The van der Waals surface area contributed by atoms with Crippen LogP contribution in [0, 0.1) is 0 Å². The lowest BCUT2D eigenvalue weighted by atomic mass is 10.1. The summed E-state index contributed by atoms with van der Waals surface area (Å²) in [6, 6.07) is -0.894. The van der Waals surface area contributed by atoms with Crippen LogP contribution in [0.2, 0.25) is 0 Å². The van der Waals surface area contributed by atoms with E-state index in [1.54, 1.807) is 4.90 Å². The molecule has 0 aliphatic carbocycles. The number of rotatable bonds is 4. The van der Waals surface area contributed by atoms with E-state index in [0.717, 1.165) is 19.3 Å². The number of likely N-dealkylation sites (tertiary alicyclic amines) is 1. The number of fused-ring (bicyclic) bond motifs is 2. The van der Waals surface area contributed by atoms with Gasteiger partial charge in [0.2, 0.25) is 5.91 Å². The molecule has 3 amide bonds. The van der Waals surface area contributed by atoms with Gasteiger partial charge < -0.3 is 21.1 Å². The predicted octanol–water partition coefficient (Wildman–Crippen LogP) is -0.807. The predicted molar refractivity (Wildman–Crippen MR) is 74.5 cm³/mol. The van der Waals surface area contributed by atoms with Crippen LogP contribution in [0.3, 0.4) is 0 Å². The van der Waals surface area contributed by atoms with Gasteiger partial charge in [0.25, 0.3) is 0 Å². The highest BCUT2D eigenvalue weighted by Crippen LogP contribution is 2.28. The molecular formula is C13H22N4O4. The molecule has 2 rings (SSSR count). The molecule has 8 nitrogen and oxygen atoms in total. The van der Waals surface area contributed by atoms with Gasteiger partial charge in [0, 0.05) is 25.2 Å². The van der Waals surface area contributed by atoms with Crippen LogP contribution in [0.1, 0.15) is 25.7 Å². The number of urea groups is 1. The Hall–Kier alpha value is -1.83. The molecule has 0 aromatic rings. The number of carbonyl (C=O) groups is 3. The molecule has 2 bridgehead atoms. The van der Waals surface area contributed by atoms with Crippen LogP contribution in [-0.2, 0) is 9.59 Å². The molecule has 0 spiro atoms. The maximum absolute atomic E-state index is 12.2. The highest BCUT2D eigenvalue weighted by molar-refractivity contribution is 5.87. The van der Waals surface area contributed by atoms with E-state index >= 15 is 0 Å². The number of primary amides is 1. The van der Waals surface area contributed by atoms with Crippen LogP contribution in [0.4, 0.5) is 4.79 Å². The lowest BCUT2D eigenvalue weighted by molar-refractivity contribution is -0.140. The van der Waals surface area contributed by atoms with Crippen molar-refractivity contribution in [3.63, 3.8) is 0 Å². The Morgan fingerprint density at radius 3 is 2.57 bits per heavy atom. The van der Waals surface area contributed by atoms with Crippen LogP contribution in [0.25, 0.3) is 0 Å². The van der Waals surface area contributed by atoms with E-state index in [0.29, 0.717) is 25.2 Å². The van der Waals surface area contributed by atoms with Crippen molar-refractivity contribution in [2.75, 3.05) is 20.1 Å². The van der Waals surface area contributed by atoms with Gasteiger partial charge >= 0.3 is 12.0 Å². The Morgan fingerprint density at radius 1 is 1.29 bits per heavy atom. The third-order valence-electron chi connectivity index (χ3n) is 4.44. The maximum Gasteiger partial charge on any atom is 0.326 e. The van der Waals surface area contributed by atoms with E-state index in [9.17, 15) is 14.4 Å². The fraction of sp³-hybridized carbons (Fsp3) is 0.769. The summed E-state index contributed by atoms with van der Waals surface area (Å²) in [5.74, 6) is -2.01. The summed E-state index contributed by atoms with van der Waals surface area (Å²) in [4.78, 5) is 38.1. The second kappa shape index (κ2) is 6.30. The summed E-state index contributed by atoms with van der Waals surface area (Å²) in [5, 5.41) is 11.4. The molecule has 0 radical (unpaired) electrons. The molecule has 0 aromatic carbocycles. The van der Waals surface area contributed by atoms with Crippen LogP contribution in [0.5, 0.6) is 0 Å². The standard InChI is InChI=1S/C13H22N4O4/c1-16-8-2-3-9(16)7-17(5-4-8)13(21)15-10(12(19)20)6-11(14)18/h8-10H,2-7H2,1H3,(H2,14,18)(H,15,21)(H,19,20). The topological polar surface area (TPSA) is 116 Å². The zero-order valence-corrected chi connectivity index (χ0v) is 12.1. The maximum atomic E-state index is 12.2. The minimum absolute atomic E-state index is 0.322. The minimum Gasteiger partial charge on any atom is -0.480 e. The number of hydrogen-bond donors (Lipinski definition) is 3. The van der Waals surface area contributed by atoms with Crippen LogP contribution in [0.15, 0.2) is 0 Å². The van der Waals surface area contributed by atoms with Crippen molar-refractivity contribution in [3.05, 3.63) is 0 Å². The van der Waals surface area contributed by atoms with Crippen molar-refractivity contribution < 1.29 is 19.5 Å². The lowest BCUT2D eigenvalue weighted by Gasteiger charge is -2.27. The zero-order chi connectivity index (χ0) is 15.6. The first-order chi connectivity index (χ1) is 9.88. The van der Waals surface area contributed by atoms with Crippen molar-refractivity contribution in [1.29, 1.82) is 0 Å². The molecule has 2 heterocycles. The van der Waals surface area contributed by atoms with Crippen LogP contribution >= 0.6 is 0 Å². The van der Waals surface area contributed by atoms with E-state index in [1.165, 1.54) is 0 Å². The monoisotopic (exact) mass is 298 g/mol. The lowest BCUT2D eigenvalue weighted by Crippen LogP contribution is -2.51. The van der Waals surface area contributed by atoms with Gasteiger partial charge in [0.05, 0.1) is 6.42 Å². The Balaban J connectivity index is 1.96. The van der Waals surface area contributed by atoms with Crippen molar-refractivity contribution in [2.24, 2.45) is 5.73 Å². The van der Waals surface area contributed by atoms with Crippen molar-refractivity contribution in [2.45, 2.75) is 43.8 Å². The number of carboxylic acids is 1. The number of hydrogen-bond acceptors (Lipinski definition) is 4. The third-order valence-corrected chi connectivity index (χ3v) is 4.44. The Kier molecular flexibility index (Phi) is 4.66. The van der Waals surface area contributed by atoms with E-state index in [-0.39, 0.29) is 0 Å². The van der Waals surface area contributed by atoms with Gasteiger partial charge in [-0.1, -0.05) is 0 Å². The molecule has 2 saturated heterocycles. The molecule has 118 valence electrons. The van der Waals surface area contributed by atoms with E-state index in [4.69, 9.17) is 10.8 Å². The number of likely N-dealkylation sites (N-methyl/N-ethyl adjacent to an activating group) is 1. The Morgan fingerprint density at radius 2 is 1.95 bits per heavy atom. The fourth-order valence-corrected chi connectivity index (χ4v) is 3.13. The third kappa shape index (κ3) is 3.63. The Labute approximate surface area is 123 Å². The Bertz CT molecular complexity index is 442. The first kappa shape index (κ1) is 15.6. The number of nitrogens with one attached hydrogen (secondary N) is 1. The molecule has 3 unspecified atom stereocenters. The molecule has 2 aliphatic heterocycles. The molecule has 2 fully saturated rings. The molecule has 0 aromatic heterocycles. The van der Waals surface area contributed by atoms with Gasteiger partial charge in [-0.3, -0.25) is 9.69 Å². The second-order valence-corrected chi connectivity index (χ2v) is 5.80. The average molecular weight is 298 g/mol. The van der Waals surface area contributed by atoms with Gasteiger partial charge in [-0.05, 0) is 26.3 Å². The SMILES string of the molecule is CN1C2CCC1CN(C(=O)NC(CC(N)=O)C(=O)O)CC2. The van der Waals surface area contributed by atoms with E-state index < -0.39 is 30.4 Å². The highest BCUT2D eigenvalue weighted by Gasteiger charge is 2.36. The summed E-state index contributed by atoms with van der Waals surface area (Å²) in [7, 11) is 2.07. The van der Waals surface area contributed by atoms with Gasteiger partial charge in [-0.15, -0.1) is 0 Å². The number of carboxylic acid groups (broad SMARTS) is 1. The largest absolute Gasteiger partial charge is 0.480 e. The zero-order valence-electron chi connectivity index (χ0n) is 12.1. The first-order valence-electron chi connectivity index (χ1n) is 7.17. The molecule has 2 aliphatic rings.